The first kappa shape index (κ1) is 11.5. The summed E-state index contributed by atoms with van der Waals surface area (Å²) >= 11 is 0. The topological polar surface area (TPSA) is 32.3 Å². The van der Waals surface area contributed by atoms with E-state index in [1.54, 1.807) is 0 Å². The molecule has 1 rings (SSSR count). The third-order valence-corrected chi connectivity index (χ3v) is 3.04. The number of amides is 1. The molecule has 82 valence electrons. The highest BCUT2D eigenvalue weighted by Gasteiger charge is 2.23. The molecule has 1 unspecified atom stereocenters. The van der Waals surface area contributed by atoms with Crippen molar-refractivity contribution in [1.29, 1.82) is 0 Å². The lowest BCUT2D eigenvalue weighted by molar-refractivity contribution is -0.136. The average Bonchev–Trinajstić information content (AvgIpc) is 2.43. The highest BCUT2D eigenvalue weighted by Crippen LogP contribution is 2.13. The Morgan fingerprint density at radius 1 is 1.21 bits per heavy atom. The summed E-state index contributed by atoms with van der Waals surface area (Å²) in [4.78, 5) is 14.0. The number of carbonyl (C=O) groups excluding carboxylic acids is 1. The van der Waals surface area contributed by atoms with Gasteiger partial charge in [0.05, 0.1) is 0 Å². The highest BCUT2D eigenvalue weighted by atomic mass is 16.2. The molecule has 0 aliphatic carbocycles. The van der Waals surface area contributed by atoms with E-state index >= 15 is 0 Å². The minimum absolute atomic E-state index is 0.160. The largest absolute Gasteiger partial charge is 0.341 e. The third kappa shape index (κ3) is 2.98. The van der Waals surface area contributed by atoms with Crippen LogP contribution in [0.2, 0.25) is 0 Å². The van der Waals surface area contributed by atoms with Crippen LogP contribution >= 0.6 is 0 Å². The summed E-state index contributed by atoms with van der Waals surface area (Å²) in [5, 5.41) is 3.31. The third-order valence-electron chi connectivity index (χ3n) is 3.04. The summed E-state index contributed by atoms with van der Waals surface area (Å²) in [5.74, 6) is 0.926. The maximum absolute atomic E-state index is 12.0. The van der Waals surface area contributed by atoms with Gasteiger partial charge in [0, 0.05) is 25.6 Å². The first-order valence-electron chi connectivity index (χ1n) is 5.62. The lowest BCUT2D eigenvalue weighted by Crippen LogP contribution is -2.39. The Morgan fingerprint density at radius 2 is 1.93 bits per heavy atom. The monoisotopic (exact) mass is 198 g/mol. The van der Waals surface area contributed by atoms with E-state index in [2.05, 4.69) is 19.2 Å². The summed E-state index contributed by atoms with van der Waals surface area (Å²) in [7, 11) is 0. The van der Waals surface area contributed by atoms with Crippen LogP contribution in [0.15, 0.2) is 0 Å². The maximum Gasteiger partial charge on any atom is 0.225 e. The van der Waals surface area contributed by atoms with Gasteiger partial charge in [0.1, 0.15) is 0 Å². The van der Waals surface area contributed by atoms with Crippen molar-refractivity contribution in [3.63, 3.8) is 0 Å². The molecule has 3 nitrogen and oxygen atoms in total. The molecule has 1 aliphatic heterocycles. The van der Waals surface area contributed by atoms with Gasteiger partial charge in [0.15, 0.2) is 0 Å². The van der Waals surface area contributed by atoms with E-state index in [0.29, 0.717) is 11.8 Å². The molecular formula is C11H22N2O. The van der Waals surface area contributed by atoms with Gasteiger partial charge in [-0.3, -0.25) is 4.79 Å². The van der Waals surface area contributed by atoms with Crippen LogP contribution in [0, 0.1) is 11.8 Å². The maximum atomic E-state index is 12.0. The first-order chi connectivity index (χ1) is 6.63. The number of carbonyl (C=O) groups is 1. The Morgan fingerprint density at radius 3 is 2.57 bits per heavy atom. The van der Waals surface area contributed by atoms with E-state index in [0.717, 1.165) is 32.6 Å². The summed E-state index contributed by atoms with van der Waals surface area (Å²) < 4.78 is 0. The second kappa shape index (κ2) is 5.35. The fourth-order valence-corrected chi connectivity index (χ4v) is 1.64. The quantitative estimate of drug-likeness (QED) is 0.720. The first-order valence-corrected chi connectivity index (χ1v) is 5.62. The predicted octanol–water partition coefficient (Wildman–Crippen LogP) is 1.10. The van der Waals surface area contributed by atoms with E-state index in [4.69, 9.17) is 0 Å². The molecule has 14 heavy (non-hydrogen) atoms. The molecule has 1 N–H and O–H groups in total. The van der Waals surface area contributed by atoms with Crippen LogP contribution in [0.5, 0.6) is 0 Å². The van der Waals surface area contributed by atoms with Gasteiger partial charge in [-0.2, -0.15) is 0 Å². The number of nitrogens with one attached hydrogen (secondary N) is 1. The van der Waals surface area contributed by atoms with Gasteiger partial charge in [0.2, 0.25) is 5.91 Å². The van der Waals surface area contributed by atoms with Gasteiger partial charge in [0.25, 0.3) is 0 Å². The molecule has 0 aromatic carbocycles. The van der Waals surface area contributed by atoms with Crippen LogP contribution in [0.4, 0.5) is 0 Å². The zero-order chi connectivity index (χ0) is 10.6. The zero-order valence-electron chi connectivity index (χ0n) is 9.55. The molecule has 0 spiro atoms. The van der Waals surface area contributed by atoms with Crippen molar-refractivity contribution in [1.82, 2.24) is 10.2 Å². The lowest BCUT2D eigenvalue weighted by Gasteiger charge is -2.25. The van der Waals surface area contributed by atoms with Crippen LogP contribution in [0.1, 0.15) is 27.2 Å². The van der Waals surface area contributed by atoms with E-state index in [1.807, 2.05) is 11.8 Å². The van der Waals surface area contributed by atoms with Crippen molar-refractivity contribution >= 4 is 5.91 Å². The Hall–Kier alpha value is -0.570. The summed E-state index contributed by atoms with van der Waals surface area (Å²) in [5.41, 5.74) is 0. The predicted molar refractivity (Wildman–Crippen MR) is 58.1 cm³/mol. The van der Waals surface area contributed by atoms with Crippen molar-refractivity contribution in [3.05, 3.63) is 0 Å². The molecule has 0 radical (unpaired) electrons. The Labute approximate surface area is 86.9 Å². The number of hydrogen-bond acceptors (Lipinski definition) is 2. The second-order valence-corrected chi connectivity index (χ2v) is 4.46. The molecule has 0 saturated carbocycles. The number of hydrogen-bond donors (Lipinski definition) is 1. The molecule has 1 amide bonds. The number of rotatable bonds is 2. The fraction of sp³-hybridized carbons (Fsp3) is 0.909. The molecule has 3 heteroatoms. The minimum Gasteiger partial charge on any atom is -0.341 e. The normalized spacial score (nSPS) is 20.7. The Bertz CT molecular complexity index is 184. The Balaban J connectivity index is 2.49. The van der Waals surface area contributed by atoms with Crippen LogP contribution < -0.4 is 5.32 Å². The Kier molecular flexibility index (Phi) is 4.39. The van der Waals surface area contributed by atoms with Crippen LogP contribution in [0.25, 0.3) is 0 Å². The highest BCUT2D eigenvalue weighted by molar-refractivity contribution is 5.78. The average molecular weight is 198 g/mol. The summed E-state index contributed by atoms with van der Waals surface area (Å²) in [6.07, 6.45) is 1.08. The molecule has 0 bridgehead atoms. The van der Waals surface area contributed by atoms with E-state index in [1.165, 1.54) is 0 Å². The van der Waals surface area contributed by atoms with Gasteiger partial charge in [-0.05, 0) is 18.9 Å². The van der Waals surface area contributed by atoms with Gasteiger partial charge in [-0.15, -0.1) is 0 Å². The molecule has 1 heterocycles. The minimum atomic E-state index is 0.160. The van der Waals surface area contributed by atoms with E-state index in [9.17, 15) is 4.79 Å². The molecule has 1 atom stereocenters. The zero-order valence-corrected chi connectivity index (χ0v) is 9.55. The molecular weight excluding hydrogens is 176 g/mol. The van der Waals surface area contributed by atoms with Gasteiger partial charge < -0.3 is 10.2 Å². The summed E-state index contributed by atoms with van der Waals surface area (Å²) in [6, 6.07) is 0. The molecule has 1 aliphatic rings. The van der Waals surface area contributed by atoms with Crippen molar-refractivity contribution in [2.45, 2.75) is 27.2 Å². The van der Waals surface area contributed by atoms with Gasteiger partial charge in [-0.25, -0.2) is 0 Å². The second-order valence-electron chi connectivity index (χ2n) is 4.46. The SMILES string of the molecule is CC(C)C(C)C(=O)N1CCCNCC1. The van der Waals surface area contributed by atoms with Gasteiger partial charge in [-0.1, -0.05) is 20.8 Å². The van der Waals surface area contributed by atoms with Crippen molar-refractivity contribution in [2.24, 2.45) is 11.8 Å². The van der Waals surface area contributed by atoms with Crippen molar-refractivity contribution in [2.75, 3.05) is 26.2 Å². The number of nitrogens with zero attached hydrogens (tertiary/aromatic N) is 1. The van der Waals surface area contributed by atoms with Crippen molar-refractivity contribution in [3.8, 4) is 0 Å². The molecule has 0 aromatic heterocycles. The van der Waals surface area contributed by atoms with Crippen LogP contribution in [-0.2, 0) is 4.79 Å². The molecule has 1 saturated heterocycles. The van der Waals surface area contributed by atoms with E-state index < -0.39 is 0 Å². The molecule has 1 fully saturated rings. The van der Waals surface area contributed by atoms with Crippen LogP contribution in [-0.4, -0.2) is 37.0 Å². The molecule has 0 aromatic rings. The van der Waals surface area contributed by atoms with Crippen LogP contribution in [0.3, 0.4) is 0 Å². The smallest absolute Gasteiger partial charge is 0.225 e. The van der Waals surface area contributed by atoms with E-state index in [-0.39, 0.29) is 5.92 Å². The standard InChI is InChI=1S/C11H22N2O/c1-9(2)10(3)11(14)13-7-4-5-12-6-8-13/h9-10,12H,4-8H2,1-3H3. The summed E-state index contributed by atoms with van der Waals surface area (Å²) in [6.45, 7) is 10.0. The van der Waals surface area contributed by atoms with Crippen molar-refractivity contribution < 1.29 is 4.79 Å². The fourth-order valence-electron chi connectivity index (χ4n) is 1.64. The van der Waals surface area contributed by atoms with Gasteiger partial charge >= 0.3 is 0 Å². The lowest BCUT2D eigenvalue weighted by atomic mass is 9.96.